The van der Waals surface area contributed by atoms with Crippen LogP contribution in [0.4, 0.5) is 5.69 Å². The number of halogens is 1. The second-order valence-electron chi connectivity index (χ2n) is 4.26. The van der Waals surface area contributed by atoms with Gasteiger partial charge in [-0.2, -0.15) is 5.10 Å². The molecule has 0 aliphatic rings. The summed E-state index contributed by atoms with van der Waals surface area (Å²) in [6.07, 6.45) is 1.45. The standard InChI is InChI=1S/C15H14ClN3O2S/c1-21-13-5-6-14(20)10(7-13)9-17-19-15(22)18-12-4-2-3-11(16)8-12/h2-9,20H,1H3,(H2,18,19,22)/b17-9-. The molecule has 0 aromatic heterocycles. The molecule has 0 atom stereocenters. The summed E-state index contributed by atoms with van der Waals surface area (Å²) in [4.78, 5) is 0. The van der Waals surface area contributed by atoms with Crippen LogP contribution in [0, 0.1) is 0 Å². The summed E-state index contributed by atoms with van der Waals surface area (Å²) in [5, 5.41) is 17.5. The van der Waals surface area contributed by atoms with Crippen LogP contribution in [0.2, 0.25) is 5.02 Å². The van der Waals surface area contributed by atoms with Crippen LogP contribution in [0.15, 0.2) is 47.6 Å². The third kappa shape index (κ3) is 4.61. The fourth-order valence-corrected chi connectivity index (χ4v) is 2.01. The number of aromatic hydroxyl groups is 1. The molecular weight excluding hydrogens is 322 g/mol. The maximum Gasteiger partial charge on any atom is 0.191 e. The third-order valence-corrected chi connectivity index (χ3v) is 3.12. The van der Waals surface area contributed by atoms with Gasteiger partial charge < -0.3 is 15.2 Å². The minimum absolute atomic E-state index is 0.0973. The van der Waals surface area contributed by atoms with Crippen molar-refractivity contribution < 1.29 is 9.84 Å². The highest BCUT2D eigenvalue weighted by molar-refractivity contribution is 7.80. The van der Waals surface area contributed by atoms with Gasteiger partial charge in [0.2, 0.25) is 0 Å². The minimum Gasteiger partial charge on any atom is -0.507 e. The maximum absolute atomic E-state index is 9.72. The average molecular weight is 336 g/mol. The molecule has 0 aliphatic heterocycles. The minimum atomic E-state index is 0.0973. The number of nitrogens with zero attached hydrogens (tertiary/aromatic N) is 1. The van der Waals surface area contributed by atoms with Gasteiger partial charge in [0.15, 0.2) is 5.11 Å². The average Bonchev–Trinajstić information content (AvgIpc) is 2.49. The largest absolute Gasteiger partial charge is 0.507 e. The van der Waals surface area contributed by atoms with Crippen LogP contribution in [-0.2, 0) is 0 Å². The van der Waals surface area contributed by atoms with Gasteiger partial charge in [-0.25, -0.2) is 0 Å². The Hall–Kier alpha value is -2.31. The fourth-order valence-electron chi connectivity index (χ4n) is 1.65. The summed E-state index contributed by atoms with van der Waals surface area (Å²) in [5.41, 5.74) is 3.92. The number of hydrogen-bond donors (Lipinski definition) is 3. The number of phenols is 1. The summed E-state index contributed by atoms with van der Waals surface area (Å²) < 4.78 is 5.08. The van der Waals surface area contributed by atoms with Crippen LogP contribution < -0.4 is 15.5 Å². The second kappa shape index (κ2) is 7.63. The monoisotopic (exact) mass is 335 g/mol. The molecule has 0 heterocycles. The van der Waals surface area contributed by atoms with Gasteiger partial charge in [0, 0.05) is 16.3 Å². The van der Waals surface area contributed by atoms with Gasteiger partial charge in [-0.1, -0.05) is 17.7 Å². The van der Waals surface area contributed by atoms with E-state index in [-0.39, 0.29) is 5.75 Å². The highest BCUT2D eigenvalue weighted by Crippen LogP contribution is 2.21. The molecule has 7 heteroatoms. The van der Waals surface area contributed by atoms with E-state index in [0.717, 1.165) is 5.69 Å². The number of nitrogens with one attached hydrogen (secondary N) is 2. The van der Waals surface area contributed by atoms with Crippen LogP contribution in [0.1, 0.15) is 5.56 Å². The van der Waals surface area contributed by atoms with Crippen LogP contribution in [0.3, 0.4) is 0 Å². The van der Waals surface area contributed by atoms with Crippen molar-refractivity contribution in [2.75, 3.05) is 12.4 Å². The smallest absolute Gasteiger partial charge is 0.191 e. The van der Waals surface area contributed by atoms with E-state index < -0.39 is 0 Å². The zero-order valence-electron chi connectivity index (χ0n) is 11.7. The van der Waals surface area contributed by atoms with E-state index in [1.165, 1.54) is 12.3 Å². The Morgan fingerprint density at radius 3 is 2.86 bits per heavy atom. The van der Waals surface area contributed by atoms with Gasteiger partial charge in [-0.05, 0) is 48.6 Å². The number of hydrazone groups is 1. The molecule has 0 amide bonds. The van der Waals surface area contributed by atoms with E-state index in [0.29, 0.717) is 21.4 Å². The molecule has 2 aromatic carbocycles. The van der Waals surface area contributed by atoms with E-state index in [4.69, 9.17) is 28.6 Å². The Morgan fingerprint density at radius 2 is 2.14 bits per heavy atom. The molecule has 0 fully saturated rings. The lowest BCUT2D eigenvalue weighted by atomic mass is 10.2. The number of ether oxygens (including phenoxy) is 1. The SMILES string of the molecule is COc1ccc(O)c(/C=N\NC(=S)Nc2cccc(Cl)c2)c1. The Labute approximate surface area is 138 Å². The van der Waals surface area contributed by atoms with Crippen molar-refractivity contribution in [1.29, 1.82) is 0 Å². The second-order valence-corrected chi connectivity index (χ2v) is 5.10. The molecule has 0 bridgehead atoms. The summed E-state index contributed by atoms with van der Waals surface area (Å²) in [7, 11) is 1.55. The van der Waals surface area contributed by atoms with Crippen molar-refractivity contribution in [3.05, 3.63) is 53.1 Å². The highest BCUT2D eigenvalue weighted by Gasteiger charge is 2.01. The van der Waals surface area contributed by atoms with E-state index in [1.807, 2.05) is 12.1 Å². The summed E-state index contributed by atoms with van der Waals surface area (Å²) >= 11 is 11.0. The third-order valence-electron chi connectivity index (χ3n) is 2.69. The number of thiocarbonyl (C=S) groups is 1. The van der Waals surface area contributed by atoms with Crippen LogP contribution in [-0.4, -0.2) is 23.5 Å². The number of methoxy groups -OCH3 is 1. The lowest BCUT2D eigenvalue weighted by Crippen LogP contribution is -2.23. The first-order chi connectivity index (χ1) is 10.6. The topological polar surface area (TPSA) is 65.9 Å². The van der Waals surface area contributed by atoms with Crippen molar-refractivity contribution in [3.8, 4) is 11.5 Å². The molecule has 114 valence electrons. The Kier molecular flexibility index (Phi) is 5.57. The predicted molar refractivity (Wildman–Crippen MR) is 93.1 cm³/mol. The normalized spacial score (nSPS) is 10.5. The van der Waals surface area contributed by atoms with Crippen molar-refractivity contribution >= 4 is 40.8 Å². The van der Waals surface area contributed by atoms with E-state index in [9.17, 15) is 5.11 Å². The summed E-state index contributed by atoms with van der Waals surface area (Å²) in [6, 6.07) is 12.0. The first-order valence-corrected chi connectivity index (χ1v) is 7.10. The molecule has 2 rings (SSSR count). The van der Waals surface area contributed by atoms with Gasteiger partial charge in [0.05, 0.1) is 13.3 Å². The molecule has 5 nitrogen and oxygen atoms in total. The number of rotatable bonds is 4. The van der Waals surface area contributed by atoms with Crippen LogP contribution in [0.5, 0.6) is 11.5 Å². The van der Waals surface area contributed by atoms with Gasteiger partial charge in [0.25, 0.3) is 0 Å². The number of hydrogen-bond acceptors (Lipinski definition) is 4. The van der Waals surface area contributed by atoms with Crippen molar-refractivity contribution in [1.82, 2.24) is 5.43 Å². The zero-order valence-corrected chi connectivity index (χ0v) is 13.3. The molecule has 3 N–H and O–H groups in total. The fraction of sp³-hybridized carbons (Fsp3) is 0.0667. The van der Waals surface area contributed by atoms with Crippen LogP contribution >= 0.6 is 23.8 Å². The van der Waals surface area contributed by atoms with Crippen molar-refractivity contribution in [3.63, 3.8) is 0 Å². The Balaban J connectivity index is 1.96. The van der Waals surface area contributed by atoms with Gasteiger partial charge in [-0.3, -0.25) is 5.43 Å². The number of benzene rings is 2. The number of anilines is 1. The van der Waals surface area contributed by atoms with E-state index >= 15 is 0 Å². The maximum atomic E-state index is 9.72. The lowest BCUT2D eigenvalue weighted by molar-refractivity contribution is 0.412. The Morgan fingerprint density at radius 1 is 1.32 bits per heavy atom. The predicted octanol–water partition coefficient (Wildman–Crippen LogP) is 3.37. The molecule has 22 heavy (non-hydrogen) atoms. The van der Waals surface area contributed by atoms with Crippen LogP contribution in [0.25, 0.3) is 0 Å². The highest BCUT2D eigenvalue weighted by atomic mass is 35.5. The first kappa shape index (κ1) is 16.1. The van der Waals surface area contributed by atoms with Crippen molar-refractivity contribution in [2.45, 2.75) is 0 Å². The zero-order chi connectivity index (χ0) is 15.9. The van der Waals surface area contributed by atoms with E-state index in [2.05, 4.69) is 15.8 Å². The molecular formula is C15H14ClN3O2S. The summed E-state index contributed by atoms with van der Waals surface area (Å²) in [6.45, 7) is 0. The molecule has 0 saturated heterocycles. The molecule has 0 saturated carbocycles. The molecule has 0 spiro atoms. The van der Waals surface area contributed by atoms with E-state index in [1.54, 1.807) is 31.4 Å². The number of phenolic OH excluding ortho intramolecular Hbond substituents is 1. The quantitative estimate of drug-likeness (QED) is 0.454. The van der Waals surface area contributed by atoms with Gasteiger partial charge in [-0.15, -0.1) is 0 Å². The van der Waals surface area contributed by atoms with Gasteiger partial charge in [0.1, 0.15) is 11.5 Å². The summed E-state index contributed by atoms with van der Waals surface area (Å²) in [5.74, 6) is 0.721. The molecule has 0 aliphatic carbocycles. The first-order valence-electron chi connectivity index (χ1n) is 6.31. The molecule has 0 unspecified atom stereocenters. The molecule has 0 radical (unpaired) electrons. The van der Waals surface area contributed by atoms with Gasteiger partial charge >= 0.3 is 0 Å². The lowest BCUT2D eigenvalue weighted by Gasteiger charge is -2.07. The van der Waals surface area contributed by atoms with Crippen molar-refractivity contribution in [2.24, 2.45) is 5.10 Å². The Bertz CT molecular complexity index is 707. The molecule has 2 aromatic rings.